The highest BCUT2D eigenvalue weighted by Crippen LogP contribution is 2.20. The van der Waals surface area contributed by atoms with Gasteiger partial charge in [0.2, 0.25) is 0 Å². The number of carbonyl (C=O) groups is 1. The third-order valence-corrected chi connectivity index (χ3v) is 3.90. The zero-order valence-electron chi connectivity index (χ0n) is 16.3. The Morgan fingerprint density at radius 1 is 1.00 bits per heavy atom. The number of nitrogens with zero attached hydrogens (tertiary/aromatic N) is 1. The quantitative estimate of drug-likeness (QED) is 0.260. The number of hydrogen-bond acceptors (Lipinski definition) is 8. The lowest BCUT2D eigenvalue weighted by Gasteiger charge is -2.25. The topological polar surface area (TPSA) is 112 Å². The Morgan fingerprint density at radius 3 is 2.04 bits per heavy atom. The van der Waals surface area contributed by atoms with Gasteiger partial charge in [0.15, 0.2) is 11.5 Å². The standard InChI is InChI=1S/C20H26N4O4/c1-4-28-20(25)18(21)19(23-15-7-11-17(27-3)12-8-15)24(22)13-14-5-9-16(26-2)10-6-14/h5-12,23H,4,13,21-22H2,1-3H3/b19-18-. The maximum atomic E-state index is 12.2. The van der Waals surface area contributed by atoms with E-state index in [0.29, 0.717) is 18.0 Å². The molecule has 0 heterocycles. The van der Waals surface area contributed by atoms with Crippen molar-refractivity contribution < 1.29 is 19.0 Å². The lowest BCUT2D eigenvalue weighted by atomic mass is 10.2. The van der Waals surface area contributed by atoms with Crippen molar-refractivity contribution in [3.05, 3.63) is 65.6 Å². The van der Waals surface area contributed by atoms with E-state index in [2.05, 4.69) is 5.32 Å². The fraction of sp³-hybridized carbons (Fsp3) is 0.250. The summed E-state index contributed by atoms with van der Waals surface area (Å²) in [6.07, 6.45) is 0. The van der Waals surface area contributed by atoms with E-state index in [1.165, 1.54) is 5.01 Å². The Balaban J connectivity index is 2.27. The summed E-state index contributed by atoms with van der Waals surface area (Å²) in [5.41, 5.74) is 7.51. The van der Waals surface area contributed by atoms with Gasteiger partial charge < -0.3 is 25.3 Å². The van der Waals surface area contributed by atoms with Crippen LogP contribution in [-0.4, -0.2) is 31.8 Å². The molecule has 0 aromatic heterocycles. The van der Waals surface area contributed by atoms with E-state index in [1.807, 2.05) is 24.3 Å². The second-order valence-corrected chi connectivity index (χ2v) is 5.81. The van der Waals surface area contributed by atoms with Crippen LogP contribution in [0.5, 0.6) is 11.5 Å². The molecule has 0 aliphatic carbocycles. The Labute approximate surface area is 164 Å². The van der Waals surface area contributed by atoms with Gasteiger partial charge >= 0.3 is 5.97 Å². The summed E-state index contributed by atoms with van der Waals surface area (Å²) in [6.45, 7) is 2.22. The number of hydrogen-bond donors (Lipinski definition) is 3. The van der Waals surface area contributed by atoms with Crippen LogP contribution in [0.15, 0.2) is 60.0 Å². The van der Waals surface area contributed by atoms with E-state index in [1.54, 1.807) is 45.4 Å². The predicted octanol–water partition coefficient (Wildman–Crippen LogP) is 2.18. The molecule has 0 aliphatic rings. The van der Waals surface area contributed by atoms with Crippen molar-refractivity contribution in [2.24, 2.45) is 11.6 Å². The maximum absolute atomic E-state index is 12.2. The molecule has 0 saturated heterocycles. The van der Waals surface area contributed by atoms with Gasteiger partial charge in [-0.2, -0.15) is 0 Å². The normalized spacial score (nSPS) is 11.3. The summed E-state index contributed by atoms with van der Waals surface area (Å²) in [5.74, 6) is 7.26. The molecule has 0 fully saturated rings. The molecule has 0 saturated carbocycles. The van der Waals surface area contributed by atoms with Crippen LogP contribution in [0.1, 0.15) is 12.5 Å². The molecular formula is C20H26N4O4. The molecule has 2 rings (SSSR count). The molecule has 28 heavy (non-hydrogen) atoms. The van der Waals surface area contributed by atoms with Crippen molar-refractivity contribution >= 4 is 11.7 Å². The molecule has 0 spiro atoms. The number of nitrogens with two attached hydrogens (primary N) is 2. The van der Waals surface area contributed by atoms with Gasteiger partial charge in [0.05, 0.1) is 27.4 Å². The van der Waals surface area contributed by atoms with E-state index in [0.717, 1.165) is 11.3 Å². The van der Waals surface area contributed by atoms with Crippen molar-refractivity contribution in [1.82, 2.24) is 5.01 Å². The van der Waals surface area contributed by atoms with Crippen LogP contribution in [0.2, 0.25) is 0 Å². The van der Waals surface area contributed by atoms with Gasteiger partial charge in [-0.05, 0) is 48.9 Å². The summed E-state index contributed by atoms with van der Waals surface area (Å²) in [5, 5.41) is 4.45. The van der Waals surface area contributed by atoms with Gasteiger partial charge in [-0.25, -0.2) is 10.6 Å². The molecular weight excluding hydrogens is 360 g/mol. The predicted molar refractivity (Wildman–Crippen MR) is 107 cm³/mol. The lowest BCUT2D eigenvalue weighted by molar-refractivity contribution is -0.138. The number of rotatable bonds is 9. The van der Waals surface area contributed by atoms with Crippen molar-refractivity contribution in [2.45, 2.75) is 13.5 Å². The minimum atomic E-state index is -0.649. The highest BCUT2D eigenvalue weighted by atomic mass is 16.5. The van der Waals surface area contributed by atoms with Crippen LogP contribution in [0.4, 0.5) is 5.69 Å². The number of methoxy groups -OCH3 is 2. The molecule has 0 radical (unpaired) electrons. The molecule has 8 nitrogen and oxygen atoms in total. The molecule has 0 aliphatic heterocycles. The van der Waals surface area contributed by atoms with Crippen LogP contribution in [0.25, 0.3) is 0 Å². The third kappa shape index (κ3) is 5.55. The molecule has 0 bridgehead atoms. The van der Waals surface area contributed by atoms with Crippen molar-refractivity contribution in [2.75, 3.05) is 26.1 Å². The maximum Gasteiger partial charge on any atom is 0.358 e. The number of benzene rings is 2. The van der Waals surface area contributed by atoms with Crippen LogP contribution in [0.3, 0.4) is 0 Å². The second kappa shape index (κ2) is 10.1. The van der Waals surface area contributed by atoms with Crippen LogP contribution >= 0.6 is 0 Å². The van der Waals surface area contributed by atoms with E-state index >= 15 is 0 Å². The summed E-state index contributed by atoms with van der Waals surface area (Å²) in [4.78, 5) is 12.2. The van der Waals surface area contributed by atoms with Gasteiger partial charge in [0.1, 0.15) is 11.5 Å². The number of hydrazine groups is 1. The van der Waals surface area contributed by atoms with Crippen LogP contribution < -0.4 is 26.4 Å². The van der Waals surface area contributed by atoms with Gasteiger partial charge in [-0.3, -0.25) is 5.01 Å². The Morgan fingerprint density at radius 2 is 1.54 bits per heavy atom. The van der Waals surface area contributed by atoms with Crippen molar-refractivity contribution in [1.29, 1.82) is 0 Å². The molecule has 2 aromatic carbocycles. The molecule has 0 unspecified atom stereocenters. The highest BCUT2D eigenvalue weighted by molar-refractivity contribution is 5.88. The second-order valence-electron chi connectivity index (χ2n) is 5.81. The fourth-order valence-corrected chi connectivity index (χ4v) is 2.42. The van der Waals surface area contributed by atoms with Crippen LogP contribution in [0, 0.1) is 0 Å². The number of esters is 1. The van der Waals surface area contributed by atoms with E-state index in [9.17, 15) is 4.79 Å². The zero-order chi connectivity index (χ0) is 20.5. The fourth-order valence-electron chi connectivity index (χ4n) is 2.42. The summed E-state index contributed by atoms with van der Waals surface area (Å²) in [6, 6.07) is 14.6. The molecule has 150 valence electrons. The van der Waals surface area contributed by atoms with Gasteiger partial charge in [-0.15, -0.1) is 0 Å². The average molecular weight is 386 g/mol. The minimum Gasteiger partial charge on any atom is -0.497 e. The molecule has 5 N–H and O–H groups in total. The van der Waals surface area contributed by atoms with Gasteiger partial charge in [0.25, 0.3) is 0 Å². The van der Waals surface area contributed by atoms with Crippen LogP contribution in [-0.2, 0) is 16.1 Å². The first kappa shape index (κ1) is 20.9. The summed E-state index contributed by atoms with van der Waals surface area (Å²) >= 11 is 0. The zero-order valence-corrected chi connectivity index (χ0v) is 16.3. The summed E-state index contributed by atoms with van der Waals surface area (Å²) in [7, 11) is 3.19. The van der Waals surface area contributed by atoms with Crippen molar-refractivity contribution in [3.8, 4) is 11.5 Å². The van der Waals surface area contributed by atoms with Gasteiger partial charge in [-0.1, -0.05) is 12.1 Å². The molecule has 0 atom stereocenters. The smallest absolute Gasteiger partial charge is 0.358 e. The largest absolute Gasteiger partial charge is 0.497 e. The van der Waals surface area contributed by atoms with Gasteiger partial charge in [0, 0.05) is 5.69 Å². The first-order valence-corrected chi connectivity index (χ1v) is 8.71. The molecule has 8 heteroatoms. The van der Waals surface area contributed by atoms with E-state index < -0.39 is 5.97 Å². The first-order valence-electron chi connectivity index (χ1n) is 8.71. The highest BCUT2D eigenvalue weighted by Gasteiger charge is 2.18. The number of anilines is 1. The Kier molecular flexibility index (Phi) is 7.53. The van der Waals surface area contributed by atoms with E-state index in [4.69, 9.17) is 25.8 Å². The third-order valence-electron chi connectivity index (χ3n) is 3.90. The number of ether oxygens (including phenoxy) is 3. The molecule has 2 aromatic rings. The van der Waals surface area contributed by atoms with E-state index in [-0.39, 0.29) is 18.1 Å². The monoisotopic (exact) mass is 386 g/mol. The minimum absolute atomic E-state index is 0.117. The molecule has 0 amide bonds. The number of nitrogens with one attached hydrogen (secondary N) is 1. The number of carbonyl (C=O) groups excluding carboxylic acids is 1. The van der Waals surface area contributed by atoms with Crippen molar-refractivity contribution in [3.63, 3.8) is 0 Å². The average Bonchev–Trinajstić information content (AvgIpc) is 2.72. The Bertz CT molecular complexity index is 804. The SMILES string of the molecule is CCOC(=O)/C(N)=C(\Nc1ccc(OC)cc1)N(N)Cc1ccc(OC)cc1. The first-order chi connectivity index (χ1) is 13.5. The lowest BCUT2D eigenvalue weighted by Crippen LogP contribution is -2.37. The summed E-state index contributed by atoms with van der Waals surface area (Å²) < 4.78 is 15.3. The Hall–Kier alpha value is -3.39.